The average molecular weight is 314 g/mol. The summed E-state index contributed by atoms with van der Waals surface area (Å²) in [5, 5.41) is 8.86. The van der Waals surface area contributed by atoms with Gasteiger partial charge in [0.1, 0.15) is 6.04 Å². The van der Waals surface area contributed by atoms with Crippen LogP contribution >= 0.6 is 0 Å². The van der Waals surface area contributed by atoms with E-state index in [2.05, 4.69) is 14.9 Å². The fourth-order valence-electron chi connectivity index (χ4n) is 2.31. The number of aliphatic carboxylic acids is 1. The minimum absolute atomic E-state index is 0.455. The van der Waals surface area contributed by atoms with Crippen LogP contribution < -0.4 is 5.73 Å². The molecule has 2 heterocycles. The van der Waals surface area contributed by atoms with Gasteiger partial charge in [0.15, 0.2) is 0 Å². The highest BCUT2D eigenvalue weighted by atomic mass is 16.4. The van der Waals surface area contributed by atoms with Crippen molar-refractivity contribution in [1.82, 2.24) is 14.9 Å². The molecule has 0 radical (unpaired) electrons. The molecule has 122 valence electrons. The van der Waals surface area contributed by atoms with E-state index in [0.717, 1.165) is 17.9 Å². The summed E-state index contributed by atoms with van der Waals surface area (Å²) >= 11 is 0. The van der Waals surface area contributed by atoms with E-state index in [1.165, 1.54) is 0 Å². The second-order valence-corrected chi connectivity index (χ2v) is 5.44. The maximum atomic E-state index is 10.8. The number of carboxylic acids is 1. The Hall–Kier alpha value is -2.31. The first-order valence-corrected chi connectivity index (χ1v) is 7.65. The second-order valence-electron chi connectivity index (χ2n) is 5.44. The average Bonchev–Trinajstić information content (AvgIpc) is 2.56. The van der Waals surface area contributed by atoms with Crippen LogP contribution in [0.15, 0.2) is 48.8 Å². The molecule has 2 aromatic heterocycles. The highest BCUT2D eigenvalue weighted by molar-refractivity contribution is 5.72. The van der Waals surface area contributed by atoms with Crippen molar-refractivity contribution in [3.63, 3.8) is 0 Å². The van der Waals surface area contributed by atoms with E-state index in [4.69, 9.17) is 10.8 Å². The first-order valence-electron chi connectivity index (χ1n) is 7.65. The molecule has 0 aliphatic carbocycles. The van der Waals surface area contributed by atoms with Crippen molar-refractivity contribution in [1.29, 1.82) is 0 Å². The lowest BCUT2D eigenvalue weighted by molar-refractivity contribution is -0.138. The van der Waals surface area contributed by atoms with Crippen molar-refractivity contribution in [3.05, 3.63) is 60.2 Å². The molecule has 0 aliphatic rings. The number of aromatic nitrogens is 2. The summed E-state index contributed by atoms with van der Waals surface area (Å²) < 4.78 is 0. The van der Waals surface area contributed by atoms with E-state index >= 15 is 0 Å². The molecule has 2 aromatic rings. The quantitative estimate of drug-likeness (QED) is 0.731. The largest absolute Gasteiger partial charge is 0.480 e. The molecule has 0 aromatic carbocycles. The molecule has 0 unspecified atom stereocenters. The Labute approximate surface area is 136 Å². The first-order chi connectivity index (χ1) is 11.1. The number of nitrogens with zero attached hydrogens (tertiary/aromatic N) is 3. The summed E-state index contributed by atoms with van der Waals surface area (Å²) in [6.45, 7) is 2.13. The number of hydrogen-bond donors (Lipinski definition) is 2. The summed E-state index contributed by atoms with van der Waals surface area (Å²) in [5.41, 5.74) is 7.52. The molecule has 0 fully saturated rings. The highest BCUT2D eigenvalue weighted by Crippen LogP contribution is 2.09. The Morgan fingerprint density at radius 1 is 1.09 bits per heavy atom. The van der Waals surface area contributed by atoms with Gasteiger partial charge in [-0.05, 0) is 43.7 Å². The number of carboxylic acid groups (broad SMARTS) is 1. The zero-order valence-electron chi connectivity index (χ0n) is 13.0. The SMILES string of the molecule is N[C@@H](CCCN(Cc1ccccn1)Cc1ccccn1)C(=O)O. The normalized spacial score (nSPS) is 12.3. The second kappa shape index (κ2) is 8.97. The summed E-state index contributed by atoms with van der Waals surface area (Å²) in [6.07, 6.45) is 4.71. The third kappa shape index (κ3) is 6.14. The minimum Gasteiger partial charge on any atom is -0.480 e. The van der Waals surface area contributed by atoms with Crippen molar-refractivity contribution < 1.29 is 9.90 Å². The standard InChI is InChI=1S/C17H22N4O2/c18-16(17(22)23)8-5-11-21(12-14-6-1-3-9-19-14)13-15-7-2-4-10-20-15/h1-4,6-7,9-10,16H,5,8,11-13,18H2,(H,22,23)/t16-/m0/s1. The monoisotopic (exact) mass is 314 g/mol. The molecule has 3 N–H and O–H groups in total. The molecule has 23 heavy (non-hydrogen) atoms. The van der Waals surface area contributed by atoms with E-state index in [9.17, 15) is 4.79 Å². The number of rotatable bonds is 9. The lowest BCUT2D eigenvalue weighted by atomic mass is 10.1. The van der Waals surface area contributed by atoms with Gasteiger partial charge in [0, 0.05) is 25.5 Å². The van der Waals surface area contributed by atoms with Crippen LogP contribution in [0.1, 0.15) is 24.2 Å². The van der Waals surface area contributed by atoms with Gasteiger partial charge < -0.3 is 10.8 Å². The molecule has 0 saturated carbocycles. The summed E-state index contributed by atoms with van der Waals surface area (Å²) in [6, 6.07) is 10.9. The molecule has 0 bridgehead atoms. The van der Waals surface area contributed by atoms with Gasteiger partial charge in [0.25, 0.3) is 0 Å². The van der Waals surface area contributed by atoms with E-state index in [1.54, 1.807) is 12.4 Å². The predicted octanol–water partition coefficient (Wildman–Crippen LogP) is 1.67. The molecule has 6 nitrogen and oxygen atoms in total. The smallest absolute Gasteiger partial charge is 0.320 e. The van der Waals surface area contributed by atoms with Crippen LogP contribution in [0.5, 0.6) is 0 Å². The van der Waals surface area contributed by atoms with Crippen LogP contribution in [0.2, 0.25) is 0 Å². The molecule has 6 heteroatoms. The van der Waals surface area contributed by atoms with Gasteiger partial charge in [-0.1, -0.05) is 12.1 Å². The van der Waals surface area contributed by atoms with Crippen molar-refractivity contribution >= 4 is 5.97 Å². The van der Waals surface area contributed by atoms with Crippen molar-refractivity contribution in [3.8, 4) is 0 Å². The Balaban J connectivity index is 1.95. The molecule has 0 amide bonds. The molecule has 1 atom stereocenters. The van der Waals surface area contributed by atoms with Crippen molar-refractivity contribution in [2.24, 2.45) is 5.73 Å². The topological polar surface area (TPSA) is 92.3 Å². The fourth-order valence-corrected chi connectivity index (χ4v) is 2.31. The molecule has 0 spiro atoms. The highest BCUT2D eigenvalue weighted by Gasteiger charge is 2.13. The zero-order valence-corrected chi connectivity index (χ0v) is 13.0. The van der Waals surface area contributed by atoms with Crippen LogP contribution in [0.4, 0.5) is 0 Å². The van der Waals surface area contributed by atoms with Gasteiger partial charge in [-0.2, -0.15) is 0 Å². The first kappa shape index (κ1) is 17.1. The van der Waals surface area contributed by atoms with Crippen LogP contribution in [0.3, 0.4) is 0 Å². The van der Waals surface area contributed by atoms with Crippen LogP contribution in [0, 0.1) is 0 Å². The summed E-state index contributed by atoms with van der Waals surface area (Å²) in [5.74, 6) is -0.953. The van der Waals surface area contributed by atoms with Gasteiger partial charge in [0.05, 0.1) is 11.4 Å². The third-order valence-electron chi connectivity index (χ3n) is 3.53. The van der Waals surface area contributed by atoms with Crippen LogP contribution in [-0.4, -0.2) is 38.5 Å². The third-order valence-corrected chi connectivity index (χ3v) is 3.53. The van der Waals surface area contributed by atoms with Crippen molar-refractivity contribution in [2.45, 2.75) is 32.0 Å². The van der Waals surface area contributed by atoms with Crippen molar-refractivity contribution in [2.75, 3.05) is 6.54 Å². The fraction of sp³-hybridized carbons (Fsp3) is 0.353. The number of hydrogen-bond acceptors (Lipinski definition) is 5. The lowest BCUT2D eigenvalue weighted by Crippen LogP contribution is -2.32. The number of nitrogens with two attached hydrogens (primary N) is 1. The molecule has 0 aliphatic heterocycles. The van der Waals surface area contributed by atoms with Gasteiger partial charge in [-0.25, -0.2) is 0 Å². The van der Waals surface area contributed by atoms with Crippen LogP contribution in [-0.2, 0) is 17.9 Å². The zero-order chi connectivity index (χ0) is 16.5. The number of pyridine rings is 2. The van der Waals surface area contributed by atoms with E-state index in [1.807, 2.05) is 36.4 Å². The maximum Gasteiger partial charge on any atom is 0.320 e. The summed E-state index contributed by atoms with van der Waals surface area (Å²) in [4.78, 5) is 21.7. The van der Waals surface area contributed by atoms with Gasteiger partial charge in [-0.15, -0.1) is 0 Å². The molecular formula is C17H22N4O2. The van der Waals surface area contributed by atoms with E-state index < -0.39 is 12.0 Å². The Morgan fingerprint density at radius 2 is 1.65 bits per heavy atom. The Morgan fingerprint density at radius 3 is 2.09 bits per heavy atom. The van der Waals surface area contributed by atoms with Gasteiger partial charge in [-0.3, -0.25) is 19.7 Å². The van der Waals surface area contributed by atoms with E-state index in [-0.39, 0.29) is 0 Å². The molecule has 0 saturated heterocycles. The summed E-state index contributed by atoms with van der Waals surface area (Å²) in [7, 11) is 0. The maximum absolute atomic E-state index is 10.8. The van der Waals surface area contributed by atoms with E-state index in [0.29, 0.717) is 25.9 Å². The van der Waals surface area contributed by atoms with Crippen LogP contribution in [0.25, 0.3) is 0 Å². The molecular weight excluding hydrogens is 292 g/mol. The predicted molar refractivity (Wildman–Crippen MR) is 87.4 cm³/mol. The van der Waals surface area contributed by atoms with Gasteiger partial charge >= 0.3 is 5.97 Å². The van der Waals surface area contributed by atoms with Gasteiger partial charge in [0.2, 0.25) is 0 Å². The lowest BCUT2D eigenvalue weighted by Gasteiger charge is -2.22. The number of carbonyl (C=O) groups is 1. The molecule has 2 rings (SSSR count). The Bertz CT molecular complexity index is 551. The Kier molecular flexibility index (Phi) is 6.65. The minimum atomic E-state index is -0.953.